The summed E-state index contributed by atoms with van der Waals surface area (Å²) in [6.07, 6.45) is 4.21. The van der Waals surface area contributed by atoms with Gasteiger partial charge in [-0.25, -0.2) is 0 Å². The zero-order valence-corrected chi connectivity index (χ0v) is 47.1. The average Bonchev–Trinajstić information content (AvgIpc) is 3.36. The van der Waals surface area contributed by atoms with Gasteiger partial charge < -0.3 is 0 Å². The Hall–Kier alpha value is -2.15. The van der Waals surface area contributed by atoms with Crippen molar-refractivity contribution in [2.24, 2.45) is 29.4 Å². The van der Waals surface area contributed by atoms with Crippen LogP contribution in [-0.2, 0) is 28.8 Å². The average molecular weight is 1100 g/mol. The SMILES string of the molecule is [B]=NCCN(CCS)C(=O)CCSCCN(CCCSCCN(CCN=[B])C(=O)CCSCCN(CCCSCCN(CCN=[B])C(=O)CCSCCN(CC=C)C(=O)CN=[B])C(=O)CN=[B])C(=O)CN=[B]. The van der Waals surface area contributed by atoms with Gasteiger partial charge in [0, 0.05) is 0 Å². The molecule has 0 bridgehead atoms. The van der Waals surface area contributed by atoms with Crippen molar-refractivity contribution in [3.8, 4) is 0 Å². The van der Waals surface area contributed by atoms with Crippen molar-refractivity contribution >= 4 is 153 Å². The van der Waals surface area contributed by atoms with Gasteiger partial charge in [-0.3, -0.25) is 0 Å². The Labute approximate surface area is 463 Å². The quantitative estimate of drug-likeness (QED) is 0.0404. The minimum atomic E-state index is -0.168. The molecule has 0 spiro atoms. The monoisotopic (exact) mass is 1100 g/mol. The molecule has 18 nitrogen and oxygen atoms in total. The number of rotatable bonds is 51. The van der Waals surface area contributed by atoms with E-state index in [0.717, 1.165) is 24.3 Å². The topological polar surface area (TPSA) is 196 Å². The van der Waals surface area contributed by atoms with Crippen molar-refractivity contribution in [3.05, 3.63) is 12.7 Å². The molecule has 0 saturated heterocycles. The molecule has 0 saturated carbocycles. The molecule has 0 rings (SSSR count). The molecular weight excluding hydrogens is 1030 g/mol. The summed E-state index contributed by atoms with van der Waals surface area (Å²) in [6.45, 7) is 10.4. The molecule has 0 aliphatic rings. The molecule has 0 aliphatic carbocycles. The van der Waals surface area contributed by atoms with E-state index in [0.29, 0.717) is 169 Å². The summed E-state index contributed by atoms with van der Waals surface area (Å²) in [5.74, 6) is 6.93. The molecule has 0 aliphatic heterocycles. The fourth-order valence-corrected chi connectivity index (χ4v) is 11.2. The normalized spacial score (nSPS) is 10.6. The molecule has 0 aromatic heterocycles. The predicted molar refractivity (Wildman–Crippen MR) is 312 cm³/mol. The molecule has 0 fully saturated rings. The van der Waals surface area contributed by atoms with Crippen LogP contribution in [-0.4, -0.2) is 292 Å². The third-order valence-electron chi connectivity index (χ3n) is 10.4. The number of hydrogen-bond acceptors (Lipinski definition) is 18. The van der Waals surface area contributed by atoms with Crippen LogP contribution >= 0.6 is 71.4 Å². The summed E-state index contributed by atoms with van der Waals surface area (Å²) in [4.78, 5) is 109. The van der Waals surface area contributed by atoms with Crippen molar-refractivity contribution in [1.29, 1.82) is 0 Å². The van der Waals surface area contributed by atoms with Crippen LogP contribution in [0.1, 0.15) is 32.1 Å². The van der Waals surface area contributed by atoms with E-state index < -0.39 is 0 Å². The van der Waals surface area contributed by atoms with Crippen LogP contribution in [0.3, 0.4) is 0 Å². The molecule has 72 heavy (non-hydrogen) atoms. The third kappa shape index (κ3) is 36.7. The number of hydrogen-bond donors (Lipinski definition) is 1. The Balaban J connectivity index is 4.76. The van der Waals surface area contributed by atoms with Crippen LogP contribution in [0.15, 0.2) is 42.0 Å². The molecule has 6 radical (unpaired) electrons. The minimum absolute atomic E-state index is 0.00816. The summed E-state index contributed by atoms with van der Waals surface area (Å²) < 4.78 is 0. The van der Waals surface area contributed by atoms with E-state index in [2.05, 4.69) is 48.6 Å². The predicted octanol–water partition coefficient (Wildman–Crippen LogP) is 1.80. The molecule has 0 heterocycles. The van der Waals surface area contributed by atoms with Crippen molar-refractivity contribution in [2.75, 3.05) is 181 Å². The summed E-state index contributed by atoms with van der Waals surface area (Å²) in [5.41, 5.74) is 0. The van der Waals surface area contributed by atoms with E-state index in [-0.39, 0.29) is 55.1 Å². The van der Waals surface area contributed by atoms with E-state index in [1.165, 1.54) is 0 Å². The Bertz CT molecular complexity index is 1650. The first kappa shape index (κ1) is 69.8. The van der Waals surface area contributed by atoms with Crippen LogP contribution in [0, 0.1) is 0 Å². The van der Waals surface area contributed by atoms with Crippen LogP contribution in [0.5, 0.6) is 0 Å². The van der Waals surface area contributed by atoms with E-state index in [1.54, 1.807) is 94.3 Å². The molecule has 0 aromatic carbocycles. The first-order valence-electron chi connectivity index (χ1n) is 23.9. The van der Waals surface area contributed by atoms with E-state index in [4.69, 9.17) is 45.8 Å². The van der Waals surface area contributed by atoms with E-state index >= 15 is 0 Å². The molecule has 390 valence electrons. The van der Waals surface area contributed by atoms with Crippen LogP contribution in [0.4, 0.5) is 0 Å². The Morgan fingerprint density at radius 3 is 0.972 bits per heavy atom. The first-order valence-corrected chi connectivity index (χ1v) is 30.4. The van der Waals surface area contributed by atoms with Gasteiger partial charge in [0.2, 0.25) is 0 Å². The van der Waals surface area contributed by atoms with Gasteiger partial charge in [0.1, 0.15) is 0 Å². The number of amides is 6. The van der Waals surface area contributed by atoms with Gasteiger partial charge in [-0.15, -0.1) is 0 Å². The zero-order valence-electron chi connectivity index (χ0n) is 42.1. The Kier molecular flexibility index (Phi) is 48.2. The summed E-state index contributed by atoms with van der Waals surface area (Å²) in [6, 6.07) is 0. The van der Waals surface area contributed by atoms with E-state index in [9.17, 15) is 28.8 Å². The summed E-state index contributed by atoms with van der Waals surface area (Å²) in [5, 5.41) is 0. The molecule has 6 amide bonds. The van der Waals surface area contributed by atoms with Crippen molar-refractivity contribution < 1.29 is 28.8 Å². The third-order valence-corrected chi connectivity index (χ3v) is 15.5. The fourth-order valence-electron chi connectivity index (χ4n) is 6.52. The maximum atomic E-state index is 13.3. The standard InChI is InChI=1S/C42H72B6N12O6S6/c1-2-11-55(40(64)34-52-46)18-31-70-27-6-38(62)59(15-9-50-44)21-29-68-25-4-13-57(42(66)36-54-48)20-33-72-28-7-39(63)60(16-10-51-45)22-30-69-24-3-12-56(41(65)35-53-47)19-32-71-26-5-37(61)58(17-23-67)14-8-49-43/h2,67H,1,3-36H2. The van der Waals surface area contributed by atoms with Gasteiger partial charge in [-0.2, -0.15) is 0 Å². The number of thioether (sulfide) groups is 5. The van der Waals surface area contributed by atoms with Crippen LogP contribution in [0.25, 0.3) is 0 Å². The van der Waals surface area contributed by atoms with Crippen molar-refractivity contribution in [1.82, 2.24) is 29.4 Å². The molecule has 0 atom stereocenters. The second-order valence-electron chi connectivity index (χ2n) is 15.5. The van der Waals surface area contributed by atoms with E-state index in [1.807, 2.05) is 0 Å². The van der Waals surface area contributed by atoms with Crippen LogP contribution < -0.4 is 0 Å². The molecular formula is C42H72B6N12O6S6. The van der Waals surface area contributed by atoms with Crippen molar-refractivity contribution in [2.45, 2.75) is 32.1 Å². The van der Waals surface area contributed by atoms with Gasteiger partial charge in [0.25, 0.3) is 0 Å². The van der Waals surface area contributed by atoms with Gasteiger partial charge in [-0.05, 0) is 0 Å². The Morgan fingerprint density at radius 2 is 0.667 bits per heavy atom. The van der Waals surface area contributed by atoms with Gasteiger partial charge in [0.15, 0.2) is 0 Å². The second-order valence-corrected chi connectivity index (χ2v) is 22.1. The number of carbonyl (C=O) groups excluding carboxylic acids is 6. The molecule has 30 heteroatoms. The summed E-state index contributed by atoms with van der Waals surface area (Å²) >= 11 is 12.4. The molecule has 0 N–H and O–H groups in total. The molecule has 0 aromatic rings. The molecule has 0 unspecified atom stereocenters. The first-order chi connectivity index (χ1) is 35.0. The summed E-state index contributed by atoms with van der Waals surface area (Å²) in [7, 11) is 31.9. The van der Waals surface area contributed by atoms with Gasteiger partial charge in [-0.1, -0.05) is 0 Å². The van der Waals surface area contributed by atoms with Gasteiger partial charge >= 0.3 is 466 Å². The van der Waals surface area contributed by atoms with Gasteiger partial charge in [0.05, 0.1) is 0 Å². The fraction of sp³-hybridized carbons (Fsp3) is 0.810. The number of thiol groups is 1. The second kappa shape index (κ2) is 49.7. The number of nitrogens with zero attached hydrogens (tertiary/aromatic N) is 12. The zero-order chi connectivity index (χ0) is 53.5. The van der Waals surface area contributed by atoms with Crippen LogP contribution in [0.2, 0.25) is 0 Å². The van der Waals surface area contributed by atoms with Crippen molar-refractivity contribution in [3.63, 3.8) is 0 Å². The number of carbonyl (C=O) groups is 6. The maximum absolute atomic E-state index is 13.3. The Morgan fingerprint density at radius 1 is 0.375 bits per heavy atom.